The first-order chi connectivity index (χ1) is 13.2. The first-order valence-electron chi connectivity index (χ1n) is 11.4. The van der Waals surface area contributed by atoms with Crippen molar-refractivity contribution in [1.29, 1.82) is 0 Å². The summed E-state index contributed by atoms with van der Waals surface area (Å²) in [5.41, 5.74) is -0.314. The molecule has 0 heterocycles. The molecule has 0 aromatic carbocycles. The predicted octanol–water partition coefficient (Wildman–Crippen LogP) is 5.93. The third kappa shape index (κ3) is 5.98. The summed E-state index contributed by atoms with van der Waals surface area (Å²) in [6.07, 6.45) is 5.38. The fourth-order valence-corrected chi connectivity index (χ4v) is 9.20. The Morgan fingerprint density at radius 2 is 1.53 bits per heavy atom. The van der Waals surface area contributed by atoms with Gasteiger partial charge in [-0.05, 0) is 88.1 Å². The van der Waals surface area contributed by atoms with Crippen molar-refractivity contribution >= 4 is 26.8 Å². The van der Waals surface area contributed by atoms with Crippen LogP contribution < -0.4 is 0 Å². The maximum atomic E-state index is 11.8. The van der Waals surface area contributed by atoms with Crippen molar-refractivity contribution in [2.75, 3.05) is 6.26 Å². The van der Waals surface area contributed by atoms with Crippen molar-refractivity contribution < 1.29 is 21.5 Å². The van der Waals surface area contributed by atoms with E-state index in [2.05, 4.69) is 67.4 Å². The molecular weight excluding hydrogens is 432 g/mol. The third-order valence-electron chi connectivity index (χ3n) is 7.77. The highest BCUT2D eigenvalue weighted by Gasteiger charge is 2.59. The maximum Gasteiger partial charge on any atom is 0.264 e. The molecule has 0 amide bonds. The van der Waals surface area contributed by atoms with Crippen molar-refractivity contribution in [3.63, 3.8) is 0 Å². The Bertz CT molecular complexity index is 725. The lowest BCUT2D eigenvalue weighted by atomic mass is 9.53. The number of rotatable bonds is 6. The van der Waals surface area contributed by atoms with E-state index in [9.17, 15) is 8.42 Å². The molecule has 2 aliphatic rings. The van der Waals surface area contributed by atoms with E-state index in [4.69, 9.17) is 13.0 Å². The van der Waals surface area contributed by atoms with Gasteiger partial charge in [0.25, 0.3) is 10.1 Å². The molecule has 5 atom stereocenters. The molecule has 0 aliphatic heterocycles. The highest BCUT2D eigenvalue weighted by molar-refractivity contribution is 7.86. The molecule has 2 rings (SSSR count). The highest BCUT2D eigenvalue weighted by Crippen LogP contribution is 2.58. The molecule has 0 spiro atoms. The minimum atomic E-state index is -3.47. The van der Waals surface area contributed by atoms with Crippen LogP contribution in [0.5, 0.6) is 0 Å². The van der Waals surface area contributed by atoms with Gasteiger partial charge in [-0.2, -0.15) is 8.42 Å². The van der Waals surface area contributed by atoms with E-state index in [0.29, 0.717) is 6.42 Å². The van der Waals surface area contributed by atoms with Gasteiger partial charge in [-0.25, -0.2) is 0 Å². The Hall–Kier alpha value is 0.264. The minimum absolute atomic E-state index is 0.0421. The molecule has 0 aromatic heterocycles. The quantitative estimate of drug-likeness (QED) is 0.349. The number of hydrogen-bond donors (Lipinski definition) is 0. The SMILES string of the molecule is CC(C)(C)[Si](C)(C)O[C@H]1CC[C@](C)(O[Si](C)(C)C)[C@H]2C[C@H](OS(C)(=O)=O)CC[C@]12C. The standard InChI is InChI=1S/C22H46O5SSi2/c1-20(2,3)30(10,11)26-19-13-15-22(5,27-29(7,8)9)18-16-17(25-28(6,23)24)12-14-21(18,19)4/h17-19H,12-16H2,1-11H3/t17-,18+,19+,21+,22+/m1/s1. The van der Waals surface area contributed by atoms with Crippen LogP contribution in [0.1, 0.15) is 66.7 Å². The summed E-state index contributed by atoms with van der Waals surface area (Å²) in [4.78, 5) is 0. The molecule has 0 radical (unpaired) electrons. The summed E-state index contributed by atoms with van der Waals surface area (Å²) < 4.78 is 43.0. The molecule has 5 nitrogen and oxygen atoms in total. The lowest BCUT2D eigenvalue weighted by molar-refractivity contribution is -0.166. The Kier molecular flexibility index (Phi) is 7.28. The fourth-order valence-electron chi connectivity index (χ4n) is 5.43. The summed E-state index contributed by atoms with van der Waals surface area (Å²) in [5.74, 6) is 0.209. The van der Waals surface area contributed by atoms with E-state index in [1.54, 1.807) is 0 Å². The Morgan fingerprint density at radius 3 is 2.00 bits per heavy atom. The van der Waals surface area contributed by atoms with E-state index < -0.39 is 26.8 Å². The first-order valence-corrected chi connectivity index (χ1v) is 19.6. The minimum Gasteiger partial charge on any atom is -0.413 e. The third-order valence-corrected chi connectivity index (χ3v) is 14.0. The molecule has 8 heteroatoms. The zero-order valence-electron chi connectivity index (χ0n) is 21.2. The average Bonchev–Trinajstić information content (AvgIpc) is 2.48. The van der Waals surface area contributed by atoms with Crippen molar-refractivity contribution in [3.8, 4) is 0 Å². The van der Waals surface area contributed by atoms with E-state index in [1.807, 2.05) is 0 Å². The number of fused-ring (bicyclic) bond motifs is 1. The zero-order valence-corrected chi connectivity index (χ0v) is 24.0. The van der Waals surface area contributed by atoms with E-state index in [0.717, 1.165) is 31.9 Å². The van der Waals surface area contributed by atoms with Crippen LogP contribution >= 0.6 is 0 Å². The van der Waals surface area contributed by atoms with Crippen molar-refractivity contribution in [1.82, 2.24) is 0 Å². The van der Waals surface area contributed by atoms with Gasteiger partial charge in [-0.1, -0.05) is 27.7 Å². The molecule has 2 fully saturated rings. The molecule has 0 saturated heterocycles. The highest BCUT2D eigenvalue weighted by atomic mass is 32.2. The Morgan fingerprint density at radius 1 is 0.967 bits per heavy atom. The van der Waals surface area contributed by atoms with Crippen molar-refractivity contribution in [2.24, 2.45) is 11.3 Å². The van der Waals surface area contributed by atoms with Gasteiger partial charge >= 0.3 is 0 Å². The monoisotopic (exact) mass is 478 g/mol. The molecule has 0 unspecified atom stereocenters. The second kappa shape index (κ2) is 8.24. The van der Waals surface area contributed by atoms with Crippen LogP contribution in [0.4, 0.5) is 0 Å². The van der Waals surface area contributed by atoms with Crippen LogP contribution in [0, 0.1) is 11.3 Å². The smallest absolute Gasteiger partial charge is 0.264 e. The molecule has 178 valence electrons. The predicted molar refractivity (Wildman–Crippen MR) is 129 cm³/mol. The van der Waals surface area contributed by atoms with Crippen LogP contribution in [-0.4, -0.2) is 49.1 Å². The largest absolute Gasteiger partial charge is 0.413 e. The molecule has 2 aliphatic carbocycles. The lowest BCUT2D eigenvalue weighted by Crippen LogP contribution is -2.63. The molecule has 0 bridgehead atoms. The molecule has 0 aromatic rings. The maximum absolute atomic E-state index is 11.8. The second-order valence-electron chi connectivity index (χ2n) is 12.7. The van der Waals surface area contributed by atoms with Gasteiger partial charge in [0.05, 0.1) is 24.1 Å². The van der Waals surface area contributed by atoms with Crippen LogP contribution in [0.3, 0.4) is 0 Å². The summed E-state index contributed by atoms with van der Waals surface area (Å²) >= 11 is 0. The van der Waals surface area contributed by atoms with Crippen LogP contribution in [-0.2, 0) is 23.2 Å². The van der Waals surface area contributed by atoms with E-state index in [-0.39, 0.29) is 34.2 Å². The van der Waals surface area contributed by atoms with Gasteiger partial charge in [-0.3, -0.25) is 4.18 Å². The first kappa shape index (κ1) is 26.5. The Balaban J connectivity index is 2.40. The normalized spacial score (nSPS) is 36.4. The van der Waals surface area contributed by atoms with Gasteiger partial charge in [0, 0.05) is 0 Å². The summed E-state index contributed by atoms with van der Waals surface area (Å²) in [5, 5.41) is 0.158. The summed E-state index contributed by atoms with van der Waals surface area (Å²) in [6, 6.07) is 0. The van der Waals surface area contributed by atoms with Crippen LogP contribution in [0.25, 0.3) is 0 Å². The Labute approximate surface area is 188 Å². The molecule has 0 N–H and O–H groups in total. The van der Waals surface area contributed by atoms with Gasteiger partial charge in [0.1, 0.15) is 0 Å². The summed E-state index contributed by atoms with van der Waals surface area (Å²) in [6.45, 7) is 22.8. The molecular formula is C22H46O5SSi2. The zero-order chi connectivity index (χ0) is 23.4. The molecule has 2 saturated carbocycles. The van der Waals surface area contributed by atoms with Gasteiger partial charge in [0.2, 0.25) is 0 Å². The van der Waals surface area contributed by atoms with Gasteiger partial charge in [-0.15, -0.1) is 0 Å². The number of hydrogen-bond acceptors (Lipinski definition) is 5. The van der Waals surface area contributed by atoms with Gasteiger partial charge < -0.3 is 8.85 Å². The van der Waals surface area contributed by atoms with Crippen LogP contribution in [0.2, 0.25) is 37.8 Å². The van der Waals surface area contributed by atoms with Gasteiger partial charge in [0.15, 0.2) is 16.6 Å². The molecule has 30 heavy (non-hydrogen) atoms. The average molecular weight is 479 g/mol. The van der Waals surface area contributed by atoms with E-state index >= 15 is 0 Å². The summed E-state index contributed by atoms with van der Waals surface area (Å²) in [7, 11) is -7.18. The topological polar surface area (TPSA) is 61.8 Å². The van der Waals surface area contributed by atoms with Crippen LogP contribution in [0.15, 0.2) is 0 Å². The van der Waals surface area contributed by atoms with Crippen molar-refractivity contribution in [2.45, 2.75) is 122 Å². The van der Waals surface area contributed by atoms with E-state index in [1.165, 1.54) is 0 Å². The fraction of sp³-hybridized carbons (Fsp3) is 1.00. The van der Waals surface area contributed by atoms with Crippen molar-refractivity contribution in [3.05, 3.63) is 0 Å². The lowest BCUT2D eigenvalue weighted by Gasteiger charge is -2.61. The second-order valence-corrected chi connectivity index (χ2v) is 23.5.